The van der Waals surface area contributed by atoms with Crippen LogP contribution in [0, 0.1) is 6.92 Å². The summed E-state index contributed by atoms with van der Waals surface area (Å²) >= 11 is 1.66. The van der Waals surface area contributed by atoms with Gasteiger partial charge in [-0.1, -0.05) is 6.92 Å². The lowest BCUT2D eigenvalue weighted by Crippen LogP contribution is -2.39. The molecule has 0 aromatic carbocycles. The maximum absolute atomic E-state index is 5.64. The number of hydrogen-bond acceptors (Lipinski definition) is 6. The molecule has 1 unspecified atom stereocenters. The molecule has 2 heterocycles. The highest BCUT2D eigenvalue weighted by Gasteiger charge is 2.14. The molecule has 0 fully saturated rings. The Morgan fingerprint density at radius 2 is 2.32 bits per heavy atom. The average Bonchev–Trinajstić information content (AvgIpc) is 2.99. The maximum atomic E-state index is 5.64. The van der Waals surface area contributed by atoms with E-state index in [4.69, 9.17) is 5.84 Å². The molecular weight excluding hydrogens is 260 g/mol. The lowest BCUT2D eigenvalue weighted by Gasteiger charge is -2.14. The average molecular weight is 280 g/mol. The van der Waals surface area contributed by atoms with Crippen LogP contribution in [0.2, 0.25) is 0 Å². The fraction of sp³-hybridized carbons (Fsp3) is 0.583. The van der Waals surface area contributed by atoms with Gasteiger partial charge in [-0.05, 0) is 13.3 Å². The fourth-order valence-electron chi connectivity index (χ4n) is 2.01. The molecule has 0 spiro atoms. The van der Waals surface area contributed by atoms with Crippen molar-refractivity contribution in [1.29, 1.82) is 0 Å². The van der Waals surface area contributed by atoms with Gasteiger partial charge in [-0.25, -0.2) is 9.97 Å². The number of aryl methyl sites for hydroxylation is 2. The number of nitrogens with zero attached hydrogens (tertiary/aromatic N) is 4. The second-order valence-electron chi connectivity index (χ2n) is 4.53. The van der Waals surface area contributed by atoms with E-state index in [1.54, 1.807) is 17.7 Å². The minimum atomic E-state index is 0.126. The number of rotatable bonds is 7. The number of hydrogen-bond donors (Lipinski definition) is 2. The van der Waals surface area contributed by atoms with Crippen molar-refractivity contribution in [3.05, 3.63) is 28.2 Å². The summed E-state index contributed by atoms with van der Waals surface area (Å²) in [5.41, 5.74) is 3.93. The molecule has 0 amide bonds. The quantitative estimate of drug-likeness (QED) is 0.585. The summed E-state index contributed by atoms with van der Waals surface area (Å²) in [7, 11) is 0. The Morgan fingerprint density at radius 3 is 2.95 bits per heavy atom. The summed E-state index contributed by atoms with van der Waals surface area (Å²) < 4.78 is 1.94. The van der Waals surface area contributed by atoms with Crippen molar-refractivity contribution in [2.45, 2.75) is 45.7 Å². The second-order valence-corrected chi connectivity index (χ2v) is 5.59. The van der Waals surface area contributed by atoms with Gasteiger partial charge in [0.05, 0.1) is 10.7 Å². The van der Waals surface area contributed by atoms with Gasteiger partial charge in [-0.15, -0.1) is 11.3 Å². The van der Waals surface area contributed by atoms with Gasteiger partial charge < -0.3 is 0 Å². The monoisotopic (exact) mass is 280 g/mol. The molecule has 2 aromatic heterocycles. The van der Waals surface area contributed by atoms with Crippen molar-refractivity contribution >= 4 is 11.3 Å². The van der Waals surface area contributed by atoms with Crippen LogP contribution < -0.4 is 11.3 Å². The first-order chi connectivity index (χ1) is 9.22. The molecule has 0 saturated carbocycles. The van der Waals surface area contributed by atoms with E-state index in [9.17, 15) is 0 Å². The highest BCUT2D eigenvalue weighted by atomic mass is 32.1. The van der Waals surface area contributed by atoms with Crippen molar-refractivity contribution in [3.8, 4) is 0 Å². The Hall–Kier alpha value is -1.31. The van der Waals surface area contributed by atoms with Gasteiger partial charge in [0.2, 0.25) is 0 Å². The standard InChI is InChI=1S/C12H20N6S/c1-3-4-18-12(14-8-15-18)6-10(17-13)5-11-7-19-9(2)16-11/h7-8,10,17H,3-6,13H2,1-2H3. The van der Waals surface area contributed by atoms with E-state index in [0.29, 0.717) is 0 Å². The molecule has 3 N–H and O–H groups in total. The number of nitrogens with two attached hydrogens (primary N) is 1. The Labute approximate surface area is 117 Å². The first kappa shape index (κ1) is 14.1. The molecule has 0 aliphatic rings. The topological polar surface area (TPSA) is 81.7 Å². The molecule has 7 heteroatoms. The molecule has 0 aliphatic carbocycles. The zero-order valence-corrected chi connectivity index (χ0v) is 12.2. The largest absolute Gasteiger partial charge is 0.271 e. The first-order valence-corrected chi connectivity index (χ1v) is 7.34. The highest BCUT2D eigenvalue weighted by Crippen LogP contribution is 2.11. The molecule has 0 bridgehead atoms. The van der Waals surface area contributed by atoms with Crippen LogP contribution in [-0.2, 0) is 19.4 Å². The SMILES string of the molecule is CCCn1ncnc1CC(Cc1csc(C)n1)NN. The van der Waals surface area contributed by atoms with Gasteiger partial charge >= 0.3 is 0 Å². The van der Waals surface area contributed by atoms with Crippen molar-refractivity contribution < 1.29 is 0 Å². The van der Waals surface area contributed by atoms with E-state index in [2.05, 4.69) is 32.8 Å². The van der Waals surface area contributed by atoms with Gasteiger partial charge in [-0.2, -0.15) is 5.10 Å². The van der Waals surface area contributed by atoms with Crippen molar-refractivity contribution in [2.24, 2.45) is 5.84 Å². The van der Waals surface area contributed by atoms with E-state index in [-0.39, 0.29) is 6.04 Å². The van der Waals surface area contributed by atoms with E-state index in [1.165, 1.54) is 0 Å². The minimum Gasteiger partial charge on any atom is -0.271 e. The second kappa shape index (κ2) is 6.74. The summed E-state index contributed by atoms with van der Waals surface area (Å²) in [6.45, 7) is 5.03. The summed E-state index contributed by atoms with van der Waals surface area (Å²) in [4.78, 5) is 8.77. The molecule has 1 atom stereocenters. The van der Waals surface area contributed by atoms with Gasteiger partial charge in [0.15, 0.2) is 0 Å². The third-order valence-corrected chi connectivity index (χ3v) is 3.74. The van der Waals surface area contributed by atoms with Crippen LogP contribution in [0.15, 0.2) is 11.7 Å². The van der Waals surface area contributed by atoms with Crippen LogP contribution in [0.1, 0.15) is 29.9 Å². The Bertz CT molecular complexity index is 506. The molecule has 2 aromatic rings. The fourth-order valence-corrected chi connectivity index (χ4v) is 2.64. The lowest BCUT2D eigenvalue weighted by molar-refractivity contribution is 0.479. The normalized spacial score (nSPS) is 12.8. The van der Waals surface area contributed by atoms with Gasteiger partial charge in [0.25, 0.3) is 0 Å². The van der Waals surface area contributed by atoms with Crippen LogP contribution in [0.5, 0.6) is 0 Å². The predicted octanol–water partition coefficient (Wildman–Crippen LogP) is 1.07. The number of hydrazine groups is 1. The van der Waals surface area contributed by atoms with Crippen LogP contribution in [0.3, 0.4) is 0 Å². The molecule has 0 aliphatic heterocycles. The Kier molecular flexibility index (Phi) is 5.00. The van der Waals surface area contributed by atoms with Crippen LogP contribution >= 0.6 is 11.3 Å². The third-order valence-electron chi connectivity index (χ3n) is 2.92. The van der Waals surface area contributed by atoms with E-state index in [0.717, 1.165) is 42.3 Å². The summed E-state index contributed by atoms with van der Waals surface area (Å²) in [5, 5.41) is 7.39. The molecule has 104 valence electrons. The zero-order chi connectivity index (χ0) is 13.7. The van der Waals surface area contributed by atoms with Crippen molar-refractivity contribution in [1.82, 2.24) is 25.2 Å². The van der Waals surface area contributed by atoms with Crippen LogP contribution in [0.4, 0.5) is 0 Å². The van der Waals surface area contributed by atoms with Crippen molar-refractivity contribution in [3.63, 3.8) is 0 Å². The van der Waals surface area contributed by atoms with Crippen LogP contribution in [0.25, 0.3) is 0 Å². The molecule has 6 nitrogen and oxygen atoms in total. The maximum Gasteiger partial charge on any atom is 0.138 e. The van der Waals surface area contributed by atoms with Crippen LogP contribution in [-0.4, -0.2) is 25.8 Å². The zero-order valence-electron chi connectivity index (χ0n) is 11.3. The Balaban J connectivity index is 2.00. The predicted molar refractivity (Wildman–Crippen MR) is 75.7 cm³/mol. The van der Waals surface area contributed by atoms with E-state index < -0.39 is 0 Å². The molecule has 19 heavy (non-hydrogen) atoms. The summed E-state index contributed by atoms with van der Waals surface area (Å²) in [6.07, 6.45) is 4.21. The smallest absolute Gasteiger partial charge is 0.138 e. The Morgan fingerprint density at radius 1 is 1.47 bits per heavy atom. The number of aromatic nitrogens is 4. The molecular formula is C12H20N6S. The lowest BCUT2D eigenvalue weighted by atomic mass is 10.1. The summed E-state index contributed by atoms with van der Waals surface area (Å²) in [6, 6.07) is 0.126. The molecule has 0 saturated heterocycles. The van der Waals surface area contributed by atoms with Gasteiger partial charge in [-0.3, -0.25) is 16.0 Å². The summed E-state index contributed by atoms with van der Waals surface area (Å²) in [5.74, 6) is 6.61. The molecule has 2 rings (SSSR count). The first-order valence-electron chi connectivity index (χ1n) is 6.46. The third kappa shape index (κ3) is 3.82. The van der Waals surface area contributed by atoms with E-state index in [1.807, 2.05) is 11.6 Å². The van der Waals surface area contributed by atoms with Gasteiger partial charge in [0.1, 0.15) is 12.2 Å². The van der Waals surface area contributed by atoms with E-state index >= 15 is 0 Å². The number of thiazole rings is 1. The van der Waals surface area contributed by atoms with Gasteiger partial charge in [0, 0.05) is 30.8 Å². The number of nitrogens with one attached hydrogen (secondary N) is 1. The molecule has 0 radical (unpaired) electrons. The minimum absolute atomic E-state index is 0.126. The van der Waals surface area contributed by atoms with Crippen molar-refractivity contribution in [2.75, 3.05) is 0 Å². The highest BCUT2D eigenvalue weighted by molar-refractivity contribution is 7.09.